The van der Waals surface area contributed by atoms with Crippen LogP contribution in [0.4, 0.5) is 17.2 Å². The van der Waals surface area contributed by atoms with Crippen molar-refractivity contribution in [1.29, 1.82) is 0 Å². The number of carbonyl (C=O) groups excluding carboxylic acids is 1. The molecule has 0 aliphatic rings. The van der Waals surface area contributed by atoms with Crippen LogP contribution in [0, 0.1) is 0 Å². The third kappa shape index (κ3) is 6.58. The Morgan fingerprint density at radius 3 is 2.51 bits per heavy atom. The van der Waals surface area contributed by atoms with Crippen molar-refractivity contribution in [3.63, 3.8) is 0 Å². The van der Waals surface area contributed by atoms with Crippen LogP contribution in [-0.2, 0) is 0 Å². The molecule has 8 nitrogen and oxygen atoms in total. The molecule has 0 aliphatic carbocycles. The van der Waals surface area contributed by atoms with E-state index in [1.54, 1.807) is 18.9 Å². The Balaban J connectivity index is 1.48. The Morgan fingerprint density at radius 1 is 0.951 bits per heavy atom. The molecule has 5 aromatic rings. The summed E-state index contributed by atoms with van der Waals surface area (Å²) in [6.45, 7) is 6.14. The van der Waals surface area contributed by atoms with Crippen LogP contribution in [0.15, 0.2) is 95.0 Å². The third-order valence-corrected chi connectivity index (χ3v) is 7.74. The van der Waals surface area contributed by atoms with Gasteiger partial charge in [0.15, 0.2) is 5.65 Å². The number of hydrogen-bond acceptors (Lipinski definition) is 8. The lowest BCUT2D eigenvalue weighted by Crippen LogP contribution is -2.26. The van der Waals surface area contributed by atoms with Gasteiger partial charge in [0.05, 0.1) is 24.2 Å². The third-order valence-electron chi connectivity index (χ3n) is 6.65. The van der Waals surface area contributed by atoms with E-state index in [1.807, 2.05) is 85.8 Å². The standard InChI is InChI=1S/C32H32N6O2S/c1-19(2)27-14-13-26-30(37-27)34-18-35-31(26)38-28-17-22(8-15-29(28)41-25-11-9-23(33)10-12-25)32(39)36-20(3)21-6-5-7-24(16-21)40-4/h5-20H,33H2,1-4H3,(H,36,39)(H,34,35,37,38). The van der Waals surface area contributed by atoms with Gasteiger partial charge in [-0.1, -0.05) is 37.7 Å². The number of nitrogens with two attached hydrogens (primary N) is 1. The second kappa shape index (κ2) is 12.3. The molecule has 5 rings (SSSR count). The molecule has 9 heteroatoms. The number of pyridine rings is 1. The van der Waals surface area contributed by atoms with Gasteiger partial charge in [0, 0.05) is 26.7 Å². The highest BCUT2D eigenvalue weighted by Crippen LogP contribution is 2.37. The molecule has 208 valence electrons. The van der Waals surface area contributed by atoms with Gasteiger partial charge in [-0.15, -0.1) is 0 Å². The second-order valence-corrected chi connectivity index (χ2v) is 11.1. The summed E-state index contributed by atoms with van der Waals surface area (Å²) in [6, 6.07) is 24.7. The number of fused-ring (bicyclic) bond motifs is 1. The molecule has 2 aromatic heterocycles. The van der Waals surface area contributed by atoms with Gasteiger partial charge in [-0.3, -0.25) is 4.79 Å². The van der Waals surface area contributed by atoms with E-state index in [4.69, 9.17) is 15.5 Å². The topological polar surface area (TPSA) is 115 Å². The first kappa shape index (κ1) is 27.9. The first-order valence-electron chi connectivity index (χ1n) is 13.3. The van der Waals surface area contributed by atoms with Gasteiger partial charge in [-0.2, -0.15) is 0 Å². The van der Waals surface area contributed by atoms with Crippen LogP contribution in [0.3, 0.4) is 0 Å². The number of nitrogen functional groups attached to an aromatic ring is 1. The van der Waals surface area contributed by atoms with Crippen molar-refractivity contribution < 1.29 is 9.53 Å². The van der Waals surface area contributed by atoms with Crippen LogP contribution < -0.4 is 21.1 Å². The molecule has 0 bridgehead atoms. The molecule has 0 saturated heterocycles. The number of rotatable bonds is 9. The molecule has 1 unspecified atom stereocenters. The maximum Gasteiger partial charge on any atom is 0.251 e. The van der Waals surface area contributed by atoms with Gasteiger partial charge in [-0.05, 0) is 85.1 Å². The number of benzene rings is 3. The van der Waals surface area contributed by atoms with Gasteiger partial charge >= 0.3 is 0 Å². The van der Waals surface area contributed by atoms with E-state index in [2.05, 4.69) is 34.4 Å². The molecule has 0 saturated carbocycles. The molecular formula is C32H32N6O2S. The molecule has 41 heavy (non-hydrogen) atoms. The number of ether oxygens (including phenoxy) is 1. The lowest BCUT2D eigenvalue weighted by molar-refractivity contribution is 0.0940. The Hall–Kier alpha value is -4.63. The van der Waals surface area contributed by atoms with Crippen molar-refractivity contribution in [2.75, 3.05) is 18.2 Å². The quantitative estimate of drug-likeness (QED) is 0.162. The summed E-state index contributed by atoms with van der Waals surface area (Å²) in [5.74, 6) is 1.44. The van der Waals surface area contributed by atoms with Gasteiger partial charge in [0.2, 0.25) is 0 Å². The number of anilines is 3. The van der Waals surface area contributed by atoms with Crippen LogP contribution >= 0.6 is 11.8 Å². The number of methoxy groups -OCH3 is 1. The van der Waals surface area contributed by atoms with Crippen LogP contribution in [0.25, 0.3) is 11.0 Å². The van der Waals surface area contributed by atoms with Gasteiger partial charge in [-0.25, -0.2) is 15.0 Å². The number of amides is 1. The average molecular weight is 565 g/mol. The summed E-state index contributed by atoms with van der Waals surface area (Å²) in [4.78, 5) is 28.9. The van der Waals surface area contributed by atoms with Crippen molar-refractivity contribution in [2.45, 2.75) is 42.5 Å². The van der Waals surface area contributed by atoms with Crippen molar-refractivity contribution >= 4 is 45.9 Å². The fourth-order valence-corrected chi connectivity index (χ4v) is 5.18. The number of nitrogens with one attached hydrogen (secondary N) is 2. The fraction of sp³-hybridized carbons (Fsp3) is 0.188. The first-order chi connectivity index (χ1) is 19.8. The summed E-state index contributed by atoms with van der Waals surface area (Å²) < 4.78 is 5.34. The normalized spacial score (nSPS) is 11.8. The number of carbonyl (C=O) groups is 1. The van der Waals surface area contributed by atoms with E-state index >= 15 is 0 Å². The second-order valence-electron chi connectivity index (χ2n) is 9.96. The zero-order valence-corrected chi connectivity index (χ0v) is 24.2. The summed E-state index contributed by atoms with van der Waals surface area (Å²) in [5, 5.41) is 7.35. The number of aromatic nitrogens is 3. The highest BCUT2D eigenvalue weighted by atomic mass is 32.2. The SMILES string of the molecule is COc1cccc(C(C)NC(=O)c2ccc(Sc3ccc(N)cc3)c(Nc3ncnc4nc(C(C)C)ccc34)c2)c1. The van der Waals surface area contributed by atoms with Crippen molar-refractivity contribution in [3.8, 4) is 5.75 Å². The Kier molecular flexibility index (Phi) is 8.35. The predicted molar refractivity (Wildman–Crippen MR) is 165 cm³/mol. The van der Waals surface area contributed by atoms with Crippen LogP contribution in [0.1, 0.15) is 54.3 Å². The molecule has 1 atom stereocenters. The molecule has 0 spiro atoms. The minimum atomic E-state index is -0.218. The van der Waals surface area contributed by atoms with Crippen LogP contribution in [0.2, 0.25) is 0 Å². The lowest BCUT2D eigenvalue weighted by Gasteiger charge is -2.17. The summed E-state index contributed by atoms with van der Waals surface area (Å²) in [6.07, 6.45) is 1.50. The van der Waals surface area contributed by atoms with Crippen molar-refractivity contribution in [3.05, 3.63) is 102 Å². The van der Waals surface area contributed by atoms with Gasteiger partial charge in [0.25, 0.3) is 5.91 Å². The molecule has 1 amide bonds. The molecule has 4 N–H and O–H groups in total. The first-order valence-corrected chi connectivity index (χ1v) is 14.1. The van der Waals surface area contributed by atoms with Crippen LogP contribution in [-0.4, -0.2) is 28.0 Å². The summed E-state index contributed by atoms with van der Waals surface area (Å²) in [7, 11) is 1.63. The van der Waals surface area contributed by atoms with Gasteiger partial charge in [0.1, 0.15) is 17.9 Å². The summed E-state index contributed by atoms with van der Waals surface area (Å²) in [5.41, 5.74) is 10.4. The van der Waals surface area contributed by atoms with E-state index in [0.29, 0.717) is 22.7 Å². The molecule has 0 aliphatic heterocycles. The van der Waals surface area contributed by atoms with E-state index in [-0.39, 0.29) is 17.9 Å². The minimum Gasteiger partial charge on any atom is -0.497 e. The molecule has 0 radical (unpaired) electrons. The lowest BCUT2D eigenvalue weighted by atomic mass is 10.1. The summed E-state index contributed by atoms with van der Waals surface area (Å²) >= 11 is 1.57. The van der Waals surface area contributed by atoms with E-state index in [1.165, 1.54) is 6.33 Å². The maximum absolute atomic E-state index is 13.4. The largest absolute Gasteiger partial charge is 0.497 e. The van der Waals surface area contributed by atoms with Crippen molar-refractivity contribution in [2.24, 2.45) is 0 Å². The highest BCUT2D eigenvalue weighted by Gasteiger charge is 2.16. The average Bonchev–Trinajstić information content (AvgIpc) is 2.98. The Morgan fingerprint density at radius 2 is 1.76 bits per heavy atom. The van der Waals surface area contributed by atoms with Crippen LogP contribution in [0.5, 0.6) is 5.75 Å². The zero-order chi connectivity index (χ0) is 28.9. The smallest absolute Gasteiger partial charge is 0.251 e. The Labute approximate surface area is 243 Å². The number of nitrogens with zero attached hydrogens (tertiary/aromatic N) is 3. The molecule has 3 aromatic carbocycles. The molecule has 2 heterocycles. The number of hydrogen-bond donors (Lipinski definition) is 3. The molecular weight excluding hydrogens is 532 g/mol. The fourth-order valence-electron chi connectivity index (χ4n) is 4.30. The maximum atomic E-state index is 13.4. The monoisotopic (exact) mass is 564 g/mol. The predicted octanol–water partition coefficient (Wildman–Crippen LogP) is 7.12. The highest BCUT2D eigenvalue weighted by molar-refractivity contribution is 7.99. The van der Waals surface area contributed by atoms with E-state index < -0.39 is 0 Å². The van der Waals surface area contributed by atoms with Crippen molar-refractivity contribution in [1.82, 2.24) is 20.3 Å². The van der Waals surface area contributed by atoms with E-state index in [9.17, 15) is 4.79 Å². The minimum absolute atomic E-state index is 0.191. The van der Waals surface area contributed by atoms with E-state index in [0.717, 1.165) is 37.9 Å². The zero-order valence-electron chi connectivity index (χ0n) is 23.4. The molecule has 0 fully saturated rings. The van der Waals surface area contributed by atoms with Gasteiger partial charge < -0.3 is 21.1 Å². The Bertz CT molecular complexity index is 1690.